The van der Waals surface area contributed by atoms with Crippen molar-refractivity contribution < 1.29 is 9.59 Å². The van der Waals surface area contributed by atoms with Crippen molar-refractivity contribution in [3.8, 4) is 11.4 Å². The van der Waals surface area contributed by atoms with Crippen LogP contribution in [-0.4, -0.2) is 51.0 Å². The molecule has 1 fully saturated rings. The lowest BCUT2D eigenvalue weighted by Crippen LogP contribution is -2.47. The van der Waals surface area contributed by atoms with Gasteiger partial charge in [-0.25, -0.2) is 0 Å². The van der Waals surface area contributed by atoms with Crippen molar-refractivity contribution in [2.75, 3.05) is 13.1 Å². The molecule has 2 N–H and O–H groups in total. The molecule has 0 radical (unpaired) electrons. The van der Waals surface area contributed by atoms with Crippen molar-refractivity contribution in [3.63, 3.8) is 0 Å². The first-order chi connectivity index (χ1) is 12.6. The highest BCUT2D eigenvalue weighted by Gasteiger charge is 2.30. The molecule has 1 saturated heterocycles. The molecule has 0 bridgehead atoms. The van der Waals surface area contributed by atoms with Crippen LogP contribution in [0, 0.1) is 5.92 Å². The van der Waals surface area contributed by atoms with E-state index in [1.807, 2.05) is 32.0 Å². The number of pyridine rings is 1. The molecule has 0 saturated carbocycles. The van der Waals surface area contributed by atoms with Crippen LogP contribution in [-0.2, 0) is 4.79 Å². The zero-order valence-corrected chi connectivity index (χ0v) is 15.2. The Kier molecular flexibility index (Phi) is 5.65. The summed E-state index contributed by atoms with van der Waals surface area (Å²) in [5.41, 5.74) is 1.78. The first-order valence-electron chi connectivity index (χ1n) is 9.15. The molecule has 0 unspecified atom stereocenters. The number of hydrogen-bond donors (Lipinski definition) is 2. The summed E-state index contributed by atoms with van der Waals surface area (Å²) in [5.74, 6) is -0.240. The van der Waals surface area contributed by atoms with Crippen LogP contribution in [0.25, 0.3) is 11.4 Å². The highest BCUT2D eigenvalue weighted by molar-refractivity contribution is 5.93. The number of aromatic amines is 1. The van der Waals surface area contributed by atoms with Crippen LogP contribution in [0.1, 0.15) is 43.6 Å². The zero-order chi connectivity index (χ0) is 18.5. The van der Waals surface area contributed by atoms with Gasteiger partial charge in [0, 0.05) is 25.3 Å². The fraction of sp³-hybridized carbons (Fsp3) is 0.474. The molecule has 0 spiro atoms. The van der Waals surface area contributed by atoms with E-state index in [0.29, 0.717) is 30.2 Å². The molecule has 3 heterocycles. The molecule has 1 aliphatic heterocycles. The average molecular weight is 355 g/mol. The normalized spacial score (nSPS) is 18.4. The van der Waals surface area contributed by atoms with E-state index in [9.17, 15) is 9.59 Å². The number of H-pyrrole nitrogens is 1. The maximum Gasteiger partial charge on any atom is 0.271 e. The third kappa shape index (κ3) is 4.09. The SMILES string of the molecule is CC[C@H](C)NC(=O)[C@H]1CCCN(C(=O)c2cc(-c3ccccn3)n[nH]2)C1. The molecule has 138 valence electrons. The van der Waals surface area contributed by atoms with Crippen molar-refractivity contribution in [3.05, 3.63) is 36.2 Å². The van der Waals surface area contributed by atoms with Gasteiger partial charge in [-0.2, -0.15) is 5.10 Å². The standard InChI is InChI=1S/C19H25N5O2/c1-3-13(2)21-18(25)14-7-6-10-24(12-14)19(26)17-11-16(22-23-17)15-8-4-5-9-20-15/h4-5,8-9,11,13-14H,3,6-7,10,12H2,1-2H3,(H,21,25)(H,22,23)/t13-,14-/m0/s1. The van der Waals surface area contributed by atoms with Gasteiger partial charge in [-0.1, -0.05) is 13.0 Å². The van der Waals surface area contributed by atoms with Gasteiger partial charge in [0.25, 0.3) is 5.91 Å². The number of rotatable bonds is 5. The van der Waals surface area contributed by atoms with Crippen molar-refractivity contribution in [1.29, 1.82) is 0 Å². The number of carbonyl (C=O) groups is 2. The summed E-state index contributed by atoms with van der Waals surface area (Å²) in [5, 5.41) is 10.0. The quantitative estimate of drug-likeness (QED) is 0.860. The first kappa shape index (κ1) is 18.1. The lowest BCUT2D eigenvalue weighted by Gasteiger charge is -2.32. The van der Waals surface area contributed by atoms with E-state index in [1.165, 1.54) is 0 Å². The Labute approximate surface area is 153 Å². The molecule has 2 atom stereocenters. The Morgan fingerprint density at radius 3 is 2.96 bits per heavy atom. The van der Waals surface area contributed by atoms with E-state index >= 15 is 0 Å². The molecule has 3 rings (SSSR count). The smallest absolute Gasteiger partial charge is 0.271 e. The lowest BCUT2D eigenvalue weighted by molar-refractivity contribution is -0.126. The summed E-state index contributed by atoms with van der Waals surface area (Å²) in [6.45, 7) is 5.13. The molecule has 0 aromatic carbocycles. The highest BCUT2D eigenvalue weighted by Crippen LogP contribution is 2.20. The third-order valence-corrected chi connectivity index (χ3v) is 4.82. The van der Waals surface area contributed by atoms with Gasteiger partial charge in [0.05, 0.1) is 11.6 Å². The van der Waals surface area contributed by atoms with Crippen LogP contribution in [0.2, 0.25) is 0 Å². The maximum atomic E-state index is 12.8. The van der Waals surface area contributed by atoms with E-state index in [-0.39, 0.29) is 23.8 Å². The van der Waals surface area contributed by atoms with Gasteiger partial charge in [-0.3, -0.25) is 19.7 Å². The lowest BCUT2D eigenvalue weighted by atomic mass is 9.96. The van der Waals surface area contributed by atoms with Gasteiger partial charge in [0.15, 0.2) is 0 Å². The van der Waals surface area contributed by atoms with Crippen LogP contribution in [0.3, 0.4) is 0 Å². The van der Waals surface area contributed by atoms with Gasteiger partial charge in [-0.15, -0.1) is 0 Å². The molecule has 7 nitrogen and oxygen atoms in total. The molecule has 2 amide bonds. The number of nitrogens with one attached hydrogen (secondary N) is 2. The summed E-state index contributed by atoms with van der Waals surface area (Å²) in [7, 11) is 0. The number of carbonyl (C=O) groups excluding carboxylic acids is 2. The van der Waals surface area contributed by atoms with Crippen molar-refractivity contribution in [1.82, 2.24) is 25.4 Å². The van der Waals surface area contributed by atoms with Crippen LogP contribution in [0.15, 0.2) is 30.5 Å². The monoisotopic (exact) mass is 355 g/mol. The van der Waals surface area contributed by atoms with Crippen molar-refractivity contribution >= 4 is 11.8 Å². The minimum Gasteiger partial charge on any atom is -0.353 e. The Balaban J connectivity index is 1.66. The van der Waals surface area contributed by atoms with Crippen molar-refractivity contribution in [2.45, 2.75) is 39.2 Å². The number of likely N-dealkylation sites (tertiary alicyclic amines) is 1. The summed E-state index contributed by atoms with van der Waals surface area (Å²) in [4.78, 5) is 31.2. The first-order valence-corrected chi connectivity index (χ1v) is 9.15. The molecule has 2 aromatic rings. The topological polar surface area (TPSA) is 91.0 Å². The minimum atomic E-state index is -0.153. The molecule has 7 heteroatoms. The number of hydrogen-bond acceptors (Lipinski definition) is 4. The Bertz CT molecular complexity index is 758. The minimum absolute atomic E-state index is 0.0376. The second kappa shape index (κ2) is 8.12. The number of nitrogens with zero attached hydrogens (tertiary/aromatic N) is 3. The predicted octanol–water partition coefficient (Wildman–Crippen LogP) is 2.24. The molecule has 1 aliphatic rings. The summed E-state index contributed by atoms with van der Waals surface area (Å²) >= 11 is 0. The molecule has 0 aliphatic carbocycles. The van der Waals surface area contributed by atoms with Crippen LogP contribution < -0.4 is 5.32 Å². The maximum absolute atomic E-state index is 12.8. The molecular formula is C19H25N5O2. The Morgan fingerprint density at radius 1 is 1.38 bits per heavy atom. The summed E-state index contributed by atoms with van der Waals surface area (Å²) < 4.78 is 0. The van der Waals surface area contributed by atoms with Crippen molar-refractivity contribution in [2.24, 2.45) is 5.92 Å². The zero-order valence-electron chi connectivity index (χ0n) is 15.2. The third-order valence-electron chi connectivity index (χ3n) is 4.82. The van der Waals surface area contributed by atoms with Gasteiger partial charge >= 0.3 is 0 Å². The molecule has 2 aromatic heterocycles. The van der Waals surface area contributed by atoms with Gasteiger partial charge in [0.2, 0.25) is 5.91 Å². The summed E-state index contributed by atoms with van der Waals surface area (Å²) in [6, 6.07) is 7.43. The molecular weight excluding hydrogens is 330 g/mol. The van der Waals surface area contributed by atoms with Gasteiger partial charge < -0.3 is 10.2 Å². The molecule has 26 heavy (non-hydrogen) atoms. The fourth-order valence-corrected chi connectivity index (χ4v) is 3.09. The number of aromatic nitrogens is 3. The predicted molar refractivity (Wildman–Crippen MR) is 98.3 cm³/mol. The number of piperidine rings is 1. The fourth-order valence-electron chi connectivity index (χ4n) is 3.09. The second-order valence-electron chi connectivity index (χ2n) is 6.79. The second-order valence-corrected chi connectivity index (χ2v) is 6.79. The largest absolute Gasteiger partial charge is 0.353 e. The van der Waals surface area contributed by atoms with E-state index in [0.717, 1.165) is 19.3 Å². The van der Waals surface area contributed by atoms with E-state index in [1.54, 1.807) is 17.2 Å². The van der Waals surface area contributed by atoms with Crippen LogP contribution >= 0.6 is 0 Å². The van der Waals surface area contributed by atoms with Gasteiger partial charge in [0.1, 0.15) is 11.4 Å². The number of amides is 2. The van der Waals surface area contributed by atoms with Crippen LogP contribution in [0.4, 0.5) is 0 Å². The summed E-state index contributed by atoms with van der Waals surface area (Å²) in [6.07, 6.45) is 4.22. The Hall–Kier alpha value is -2.70. The average Bonchev–Trinajstić information content (AvgIpc) is 3.18. The van der Waals surface area contributed by atoms with E-state index in [2.05, 4.69) is 20.5 Å². The van der Waals surface area contributed by atoms with E-state index < -0.39 is 0 Å². The van der Waals surface area contributed by atoms with E-state index in [4.69, 9.17) is 0 Å². The highest BCUT2D eigenvalue weighted by atomic mass is 16.2. The Morgan fingerprint density at radius 2 is 2.23 bits per heavy atom. The van der Waals surface area contributed by atoms with Crippen LogP contribution in [0.5, 0.6) is 0 Å². The van der Waals surface area contributed by atoms with Gasteiger partial charge in [-0.05, 0) is 44.4 Å².